The molecular weight excluding hydrogens is 200 g/mol. The molecule has 0 aliphatic heterocycles. The van der Waals surface area contributed by atoms with E-state index in [2.05, 4.69) is 0 Å². The van der Waals surface area contributed by atoms with Gasteiger partial charge in [-0.05, 0) is 27.2 Å². The van der Waals surface area contributed by atoms with Crippen molar-refractivity contribution in [2.75, 3.05) is 26.4 Å². The lowest BCUT2D eigenvalue weighted by Gasteiger charge is -2.12. The van der Waals surface area contributed by atoms with Crippen LogP contribution in [-0.4, -0.2) is 41.1 Å². The van der Waals surface area contributed by atoms with Gasteiger partial charge >= 0.3 is 9.53 Å². The van der Waals surface area contributed by atoms with E-state index in [1.165, 1.54) is 0 Å². The molecule has 14 heavy (non-hydrogen) atoms. The molecule has 0 bridgehead atoms. The molecule has 0 aromatic carbocycles. The van der Waals surface area contributed by atoms with Crippen molar-refractivity contribution in [3.05, 3.63) is 0 Å². The fourth-order valence-electron chi connectivity index (χ4n) is 0.553. The van der Waals surface area contributed by atoms with E-state index in [9.17, 15) is 0 Å². The molecule has 5 heteroatoms. The van der Waals surface area contributed by atoms with Gasteiger partial charge in [-0.1, -0.05) is 6.92 Å². The zero-order valence-corrected chi connectivity index (χ0v) is 10.9. The molecule has 88 valence electrons. The minimum absolute atomic E-state index is 0.319. The van der Waals surface area contributed by atoms with E-state index < -0.39 is 9.53 Å². The van der Waals surface area contributed by atoms with Gasteiger partial charge in [0, 0.05) is 26.4 Å². The zero-order valence-electron chi connectivity index (χ0n) is 9.78. The lowest BCUT2D eigenvalue weighted by molar-refractivity contribution is 0.107. The highest BCUT2D eigenvalue weighted by molar-refractivity contribution is 6.36. The summed E-state index contributed by atoms with van der Waals surface area (Å²) in [6.45, 7) is 10.1. The molecule has 0 aromatic heterocycles. The summed E-state index contributed by atoms with van der Waals surface area (Å²) in [6.07, 6.45) is 0.875. The van der Waals surface area contributed by atoms with E-state index >= 15 is 0 Å². The summed E-state index contributed by atoms with van der Waals surface area (Å²) in [6, 6.07) is 0. The molecule has 0 aliphatic carbocycles. The fraction of sp³-hybridized carbons (Fsp3) is 1.00. The van der Waals surface area contributed by atoms with Crippen molar-refractivity contribution in [1.82, 2.24) is 0 Å². The third-order valence-electron chi connectivity index (χ3n) is 1.13. The number of aliphatic hydroxyl groups is 1. The highest BCUT2D eigenvalue weighted by atomic mass is 28.3. The van der Waals surface area contributed by atoms with Gasteiger partial charge in [-0.2, -0.15) is 0 Å². The van der Waals surface area contributed by atoms with E-state index in [0.29, 0.717) is 26.4 Å². The molecule has 0 saturated carbocycles. The largest absolute Gasteiger partial charge is 0.484 e. The Morgan fingerprint density at radius 3 is 1.29 bits per heavy atom. The lowest BCUT2D eigenvalue weighted by Crippen LogP contribution is -2.27. The summed E-state index contributed by atoms with van der Waals surface area (Å²) in [5, 5.41) is 7.88. The summed E-state index contributed by atoms with van der Waals surface area (Å²) in [5.74, 6) is 0. The van der Waals surface area contributed by atoms with E-state index in [1.54, 1.807) is 0 Å². The quantitative estimate of drug-likeness (QED) is 0.660. The van der Waals surface area contributed by atoms with Crippen molar-refractivity contribution < 1.29 is 18.4 Å². The Hall–Kier alpha value is 0.0569. The molecule has 0 unspecified atom stereocenters. The number of hydrogen-bond acceptors (Lipinski definition) is 4. The van der Waals surface area contributed by atoms with Crippen molar-refractivity contribution >= 4 is 9.53 Å². The Morgan fingerprint density at radius 2 is 1.14 bits per heavy atom. The van der Waals surface area contributed by atoms with Gasteiger partial charge in [-0.15, -0.1) is 0 Å². The van der Waals surface area contributed by atoms with Crippen LogP contribution in [0.2, 0.25) is 0 Å². The minimum Gasteiger partial charge on any atom is -0.396 e. The Labute approximate surface area is 89.1 Å². The maximum Gasteiger partial charge on any atom is 0.484 e. The van der Waals surface area contributed by atoms with E-state index in [0.717, 1.165) is 6.42 Å². The first-order valence-corrected chi connectivity index (χ1v) is 6.63. The molecule has 0 heterocycles. The molecule has 0 saturated heterocycles. The zero-order chi connectivity index (χ0) is 11.2. The molecule has 0 atom stereocenters. The SMILES string of the molecule is CCCO.CCO[SiH](OCC)OCC. The van der Waals surface area contributed by atoms with E-state index in [-0.39, 0.29) is 0 Å². The fourth-order valence-corrected chi connectivity index (χ4v) is 1.66. The molecule has 0 spiro atoms. The van der Waals surface area contributed by atoms with Crippen LogP contribution in [0.4, 0.5) is 0 Å². The summed E-state index contributed by atoms with van der Waals surface area (Å²) in [7, 11) is -1.73. The summed E-state index contributed by atoms with van der Waals surface area (Å²) in [5.41, 5.74) is 0. The summed E-state index contributed by atoms with van der Waals surface area (Å²) < 4.78 is 15.7. The Morgan fingerprint density at radius 1 is 0.857 bits per heavy atom. The molecule has 4 nitrogen and oxygen atoms in total. The van der Waals surface area contributed by atoms with Gasteiger partial charge in [0.15, 0.2) is 0 Å². The van der Waals surface area contributed by atoms with Crippen molar-refractivity contribution in [3.63, 3.8) is 0 Å². The van der Waals surface area contributed by atoms with Gasteiger partial charge in [0.1, 0.15) is 0 Å². The lowest BCUT2D eigenvalue weighted by atomic mass is 10.5. The summed E-state index contributed by atoms with van der Waals surface area (Å²) in [4.78, 5) is 0. The van der Waals surface area contributed by atoms with Crippen LogP contribution in [0.3, 0.4) is 0 Å². The second-order valence-electron chi connectivity index (χ2n) is 2.38. The minimum atomic E-state index is -1.73. The predicted molar refractivity (Wildman–Crippen MR) is 59.4 cm³/mol. The predicted octanol–water partition coefficient (Wildman–Crippen LogP) is 1.20. The number of hydrogen-bond donors (Lipinski definition) is 1. The van der Waals surface area contributed by atoms with E-state index in [1.807, 2.05) is 27.7 Å². The van der Waals surface area contributed by atoms with Crippen LogP contribution in [0.25, 0.3) is 0 Å². The van der Waals surface area contributed by atoms with Gasteiger partial charge in [0.05, 0.1) is 0 Å². The molecule has 0 rings (SSSR count). The molecule has 0 radical (unpaired) electrons. The van der Waals surface area contributed by atoms with Gasteiger partial charge in [0.2, 0.25) is 0 Å². The molecule has 0 aromatic rings. The second-order valence-corrected chi connectivity index (χ2v) is 3.96. The maximum absolute atomic E-state index is 7.88. The molecule has 0 fully saturated rings. The average molecular weight is 224 g/mol. The van der Waals surface area contributed by atoms with E-state index in [4.69, 9.17) is 18.4 Å². The van der Waals surface area contributed by atoms with Crippen LogP contribution in [-0.2, 0) is 13.3 Å². The van der Waals surface area contributed by atoms with Crippen LogP contribution in [0.5, 0.6) is 0 Å². The molecular formula is C9H24O4Si. The van der Waals surface area contributed by atoms with Crippen molar-refractivity contribution in [3.8, 4) is 0 Å². The third kappa shape index (κ3) is 14.6. The third-order valence-corrected chi connectivity index (χ3v) is 2.95. The van der Waals surface area contributed by atoms with Crippen molar-refractivity contribution in [2.24, 2.45) is 0 Å². The smallest absolute Gasteiger partial charge is 0.396 e. The monoisotopic (exact) mass is 224 g/mol. The Balaban J connectivity index is 0. The Bertz CT molecular complexity index is 76.6. The number of aliphatic hydroxyl groups excluding tert-OH is 1. The maximum atomic E-state index is 7.88. The highest BCUT2D eigenvalue weighted by Gasteiger charge is 2.11. The van der Waals surface area contributed by atoms with Crippen molar-refractivity contribution in [1.29, 1.82) is 0 Å². The van der Waals surface area contributed by atoms with Gasteiger partial charge in [0.25, 0.3) is 0 Å². The van der Waals surface area contributed by atoms with Crippen LogP contribution >= 0.6 is 0 Å². The van der Waals surface area contributed by atoms with Gasteiger partial charge in [-0.3, -0.25) is 0 Å². The first-order chi connectivity index (χ1) is 6.76. The summed E-state index contributed by atoms with van der Waals surface area (Å²) >= 11 is 0. The van der Waals surface area contributed by atoms with Crippen LogP contribution in [0.15, 0.2) is 0 Å². The van der Waals surface area contributed by atoms with Crippen LogP contribution in [0.1, 0.15) is 34.1 Å². The standard InChI is InChI=1S/C6H16O3Si.C3H8O/c1-4-7-10(8-5-2)9-6-3;1-2-3-4/h10H,4-6H2,1-3H3;4H,2-3H2,1H3. The first kappa shape index (κ1) is 16.5. The molecule has 0 aliphatic rings. The van der Waals surface area contributed by atoms with Crippen molar-refractivity contribution in [2.45, 2.75) is 34.1 Å². The topological polar surface area (TPSA) is 47.9 Å². The second kappa shape index (κ2) is 15.5. The number of rotatable bonds is 7. The van der Waals surface area contributed by atoms with Crippen LogP contribution < -0.4 is 0 Å². The first-order valence-electron chi connectivity index (χ1n) is 5.22. The molecule has 1 N–H and O–H groups in total. The molecule has 0 amide bonds. The average Bonchev–Trinajstić information content (AvgIpc) is 2.20. The van der Waals surface area contributed by atoms with Crippen LogP contribution in [0, 0.1) is 0 Å². The highest BCUT2D eigenvalue weighted by Crippen LogP contribution is 1.91. The van der Waals surface area contributed by atoms with Gasteiger partial charge in [-0.25, -0.2) is 0 Å². The van der Waals surface area contributed by atoms with Gasteiger partial charge < -0.3 is 18.4 Å². The Kier molecular flexibility index (Phi) is 18.3. The normalized spacial score (nSPS) is 9.86.